The van der Waals surface area contributed by atoms with E-state index in [1.165, 1.54) is 20.9 Å². The molecule has 0 saturated carbocycles. The molecule has 1 atom stereocenters. The van der Waals surface area contributed by atoms with Crippen LogP contribution in [0.3, 0.4) is 0 Å². The smallest absolute Gasteiger partial charge is 0.158 e. The molecule has 1 unspecified atom stereocenters. The fourth-order valence-corrected chi connectivity index (χ4v) is 5.66. The number of hydrogen-bond acceptors (Lipinski definition) is 3. The summed E-state index contributed by atoms with van der Waals surface area (Å²) in [6, 6.07) is 18.9. The van der Waals surface area contributed by atoms with Gasteiger partial charge in [-0.3, -0.25) is 4.79 Å². The van der Waals surface area contributed by atoms with E-state index in [9.17, 15) is 4.79 Å². The Balaban J connectivity index is 2.19. The standard InChI is InChI=1S/C20H20OS2/c1-14-7-6-10-17(13-14)19(16-8-4-3-5-9-16)18(15(2)21)20-22-11-12-23-20/h3-10,13,19H,11-12H2,1-2H3. The van der Waals surface area contributed by atoms with Crippen LogP contribution in [0.4, 0.5) is 0 Å². The molecule has 0 spiro atoms. The molecule has 3 rings (SSSR count). The van der Waals surface area contributed by atoms with Crippen molar-refractivity contribution < 1.29 is 4.79 Å². The summed E-state index contributed by atoms with van der Waals surface area (Å²) in [5, 5.41) is 0. The summed E-state index contributed by atoms with van der Waals surface area (Å²) in [4.78, 5) is 12.5. The molecule has 1 aliphatic heterocycles. The van der Waals surface area contributed by atoms with Gasteiger partial charge in [-0.25, -0.2) is 0 Å². The average molecular weight is 341 g/mol. The average Bonchev–Trinajstić information content (AvgIpc) is 3.06. The molecule has 23 heavy (non-hydrogen) atoms. The maximum atomic E-state index is 12.5. The predicted octanol–water partition coefficient (Wildman–Crippen LogP) is 5.41. The zero-order valence-electron chi connectivity index (χ0n) is 13.4. The lowest BCUT2D eigenvalue weighted by atomic mass is 9.83. The first kappa shape index (κ1) is 16.4. The lowest BCUT2D eigenvalue weighted by Gasteiger charge is -2.22. The van der Waals surface area contributed by atoms with Crippen molar-refractivity contribution in [3.05, 3.63) is 81.1 Å². The molecule has 2 aromatic rings. The Morgan fingerprint density at radius 1 is 0.957 bits per heavy atom. The zero-order valence-corrected chi connectivity index (χ0v) is 15.0. The van der Waals surface area contributed by atoms with Gasteiger partial charge in [0.05, 0.1) is 0 Å². The van der Waals surface area contributed by atoms with Gasteiger partial charge in [-0.2, -0.15) is 0 Å². The minimum atomic E-state index is 0.0155. The second-order valence-corrected chi connectivity index (χ2v) is 8.18. The molecule has 1 fully saturated rings. The second-order valence-electron chi connectivity index (χ2n) is 5.71. The van der Waals surface area contributed by atoms with Gasteiger partial charge >= 0.3 is 0 Å². The van der Waals surface area contributed by atoms with E-state index in [0.717, 1.165) is 17.1 Å². The first-order valence-corrected chi connectivity index (χ1v) is 9.76. The highest BCUT2D eigenvalue weighted by Gasteiger charge is 2.27. The summed E-state index contributed by atoms with van der Waals surface area (Å²) in [5.41, 5.74) is 4.56. The van der Waals surface area contributed by atoms with Gasteiger partial charge in [0.15, 0.2) is 5.78 Å². The van der Waals surface area contributed by atoms with Crippen molar-refractivity contribution in [3.8, 4) is 0 Å². The topological polar surface area (TPSA) is 17.1 Å². The normalized spacial score (nSPS) is 15.5. The number of thioether (sulfide) groups is 2. The van der Waals surface area contributed by atoms with Gasteiger partial charge in [-0.05, 0) is 25.0 Å². The molecule has 2 aromatic carbocycles. The number of Topliss-reactive ketones (excluding diaryl/α,β-unsaturated/α-hetero) is 1. The van der Waals surface area contributed by atoms with E-state index in [1.54, 1.807) is 6.92 Å². The Labute approximate surface area is 146 Å². The third-order valence-electron chi connectivity index (χ3n) is 3.95. The van der Waals surface area contributed by atoms with Crippen molar-refractivity contribution in [1.29, 1.82) is 0 Å². The van der Waals surface area contributed by atoms with Crippen LogP contribution < -0.4 is 0 Å². The molecule has 0 N–H and O–H groups in total. The molecular weight excluding hydrogens is 320 g/mol. The van der Waals surface area contributed by atoms with Gasteiger partial charge in [-0.15, -0.1) is 23.5 Å². The lowest BCUT2D eigenvalue weighted by molar-refractivity contribution is -0.113. The molecule has 0 aromatic heterocycles. The fraction of sp³-hybridized carbons (Fsp3) is 0.250. The van der Waals surface area contributed by atoms with Crippen LogP contribution in [0.1, 0.15) is 29.5 Å². The number of aryl methyl sites for hydroxylation is 1. The Morgan fingerprint density at radius 3 is 2.22 bits per heavy atom. The summed E-state index contributed by atoms with van der Waals surface area (Å²) in [6.07, 6.45) is 0. The van der Waals surface area contributed by atoms with Crippen molar-refractivity contribution >= 4 is 29.3 Å². The van der Waals surface area contributed by atoms with Crippen molar-refractivity contribution in [2.75, 3.05) is 11.5 Å². The summed E-state index contributed by atoms with van der Waals surface area (Å²) in [6.45, 7) is 3.80. The van der Waals surface area contributed by atoms with E-state index < -0.39 is 0 Å². The van der Waals surface area contributed by atoms with E-state index in [1.807, 2.05) is 29.6 Å². The highest BCUT2D eigenvalue weighted by molar-refractivity contribution is 8.25. The number of hydrogen-bond donors (Lipinski definition) is 0. The molecule has 0 aliphatic carbocycles. The van der Waals surface area contributed by atoms with Crippen molar-refractivity contribution in [2.24, 2.45) is 0 Å². The van der Waals surface area contributed by atoms with Crippen molar-refractivity contribution in [3.63, 3.8) is 0 Å². The van der Waals surface area contributed by atoms with Crippen LogP contribution in [0.2, 0.25) is 0 Å². The van der Waals surface area contributed by atoms with Crippen LogP contribution in [0.5, 0.6) is 0 Å². The molecule has 0 bridgehead atoms. The molecule has 0 radical (unpaired) electrons. The van der Waals surface area contributed by atoms with Crippen LogP contribution in [0.25, 0.3) is 0 Å². The Hall–Kier alpha value is -1.45. The number of rotatable bonds is 4. The van der Waals surface area contributed by atoms with Crippen LogP contribution in [0, 0.1) is 6.92 Å². The lowest BCUT2D eigenvalue weighted by Crippen LogP contribution is -2.12. The molecule has 1 nitrogen and oxygen atoms in total. The van der Waals surface area contributed by atoms with Crippen LogP contribution in [-0.4, -0.2) is 17.3 Å². The number of carbonyl (C=O) groups excluding carboxylic acids is 1. The number of benzene rings is 2. The third kappa shape index (κ3) is 3.73. The monoisotopic (exact) mass is 340 g/mol. The van der Waals surface area contributed by atoms with Gasteiger partial charge in [0.1, 0.15) is 0 Å². The Kier molecular flexibility index (Phi) is 5.29. The van der Waals surface area contributed by atoms with E-state index in [-0.39, 0.29) is 11.7 Å². The summed E-state index contributed by atoms with van der Waals surface area (Å²) >= 11 is 3.64. The van der Waals surface area contributed by atoms with Gasteiger partial charge in [-0.1, -0.05) is 60.2 Å². The highest BCUT2D eigenvalue weighted by atomic mass is 32.2. The van der Waals surface area contributed by atoms with E-state index in [0.29, 0.717) is 0 Å². The van der Waals surface area contributed by atoms with Crippen molar-refractivity contribution in [1.82, 2.24) is 0 Å². The fourth-order valence-electron chi connectivity index (χ4n) is 2.95. The number of allylic oxidation sites excluding steroid dienone is 1. The van der Waals surface area contributed by atoms with Crippen LogP contribution in [0.15, 0.2) is 64.4 Å². The summed E-state index contributed by atoms with van der Waals surface area (Å²) < 4.78 is 1.20. The van der Waals surface area contributed by atoms with Crippen LogP contribution >= 0.6 is 23.5 Å². The minimum absolute atomic E-state index is 0.0155. The quantitative estimate of drug-likeness (QED) is 0.693. The molecule has 1 saturated heterocycles. The third-order valence-corrected chi connectivity index (χ3v) is 6.69. The second kappa shape index (κ2) is 7.41. The first-order chi connectivity index (χ1) is 11.2. The highest BCUT2D eigenvalue weighted by Crippen LogP contribution is 2.45. The molecular formula is C20H20OS2. The zero-order chi connectivity index (χ0) is 16.2. The van der Waals surface area contributed by atoms with Gasteiger partial charge in [0.2, 0.25) is 0 Å². The van der Waals surface area contributed by atoms with E-state index >= 15 is 0 Å². The maximum absolute atomic E-state index is 12.5. The van der Waals surface area contributed by atoms with E-state index in [4.69, 9.17) is 0 Å². The van der Waals surface area contributed by atoms with Gasteiger partial charge < -0.3 is 0 Å². The summed E-state index contributed by atoms with van der Waals surface area (Å²) in [7, 11) is 0. The predicted molar refractivity (Wildman–Crippen MR) is 102 cm³/mol. The number of carbonyl (C=O) groups is 1. The molecule has 118 valence electrons. The van der Waals surface area contributed by atoms with E-state index in [2.05, 4.69) is 55.5 Å². The number of ketones is 1. The molecule has 3 heteroatoms. The Bertz CT molecular complexity index is 726. The first-order valence-electron chi connectivity index (χ1n) is 7.79. The largest absolute Gasteiger partial charge is 0.295 e. The SMILES string of the molecule is CC(=O)C(=C1SCCS1)C(c1ccccc1)c1cccc(C)c1. The van der Waals surface area contributed by atoms with Crippen LogP contribution in [-0.2, 0) is 4.79 Å². The summed E-state index contributed by atoms with van der Waals surface area (Å²) in [5.74, 6) is 2.37. The molecule has 1 heterocycles. The Morgan fingerprint density at radius 2 is 1.61 bits per heavy atom. The van der Waals surface area contributed by atoms with Gasteiger partial charge in [0.25, 0.3) is 0 Å². The minimum Gasteiger partial charge on any atom is -0.295 e. The van der Waals surface area contributed by atoms with Gasteiger partial charge in [0, 0.05) is 27.2 Å². The molecule has 1 aliphatic rings. The maximum Gasteiger partial charge on any atom is 0.158 e. The molecule has 0 amide bonds. The van der Waals surface area contributed by atoms with Crippen molar-refractivity contribution in [2.45, 2.75) is 19.8 Å².